The van der Waals surface area contributed by atoms with Gasteiger partial charge in [0.05, 0.1) is 5.56 Å². The van der Waals surface area contributed by atoms with Gasteiger partial charge in [-0.3, -0.25) is 0 Å². The summed E-state index contributed by atoms with van der Waals surface area (Å²) in [6.07, 6.45) is -14.3. The topological polar surface area (TPSA) is 46.6 Å². The Morgan fingerprint density at radius 3 is 1.97 bits per heavy atom. The van der Waals surface area contributed by atoms with Crippen LogP contribution in [0.15, 0.2) is 42.7 Å². The first-order valence-corrected chi connectivity index (χ1v) is 8.93. The van der Waals surface area contributed by atoms with Crippen LogP contribution in [0.2, 0.25) is 0 Å². The normalized spacial score (nSPS) is 12.3. The number of nitrogens with zero attached hydrogens (tertiary/aromatic N) is 2. The van der Waals surface area contributed by atoms with Crippen molar-refractivity contribution < 1.29 is 53.4 Å². The van der Waals surface area contributed by atoms with Gasteiger partial charge < -0.3 is 19.7 Å². The van der Waals surface area contributed by atoms with E-state index >= 15 is 0 Å². The largest absolute Gasteiger partial charge is 0.481 e. The first-order chi connectivity index (χ1) is 15.5. The van der Waals surface area contributed by atoms with Crippen molar-refractivity contribution in [2.24, 2.45) is 0 Å². The number of alkyl halides is 9. The van der Waals surface area contributed by atoms with Crippen LogP contribution in [0.5, 0.6) is 11.6 Å². The highest BCUT2D eigenvalue weighted by molar-refractivity contribution is 5.58. The first-order valence-electron chi connectivity index (χ1n) is 8.93. The Morgan fingerprint density at radius 2 is 1.47 bits per heavy atom. The molecule has 1 heterocycles. The van der Waals surface area contributed by atoms with E-state index < -0.39 is 60.6 Å². The maximum atomic E-state index is 14.6. The third kappa shape index (κ3) is 7.88. The van der Waals surface area contributed by atoms with Crippen LogP contribution in [0.3, 0.4) is 0 Å². The quantitative estimate of drug-likeness (QED) is 0.435. The van der Waals surface area contributed by atoms with E-state index in [1.807, 2.05) is 0 Å². The fourth-order valence-corrected chi connectivity index (χ4v) is 2.31. The van der Waals surface area contributed by atoms with Gasteiger partial charge in [0.1, 0.15) is 5.82 Å². The molecule has 0 saturated heterocycles. The smallest absolute Gasteiger partial charge is 0.422 e. The highest BCUT2D eigenvalue weighted by Crippen LogP contribution is 2.33. The molecule has 5 nitrogen and oxygen atoms in total. The third-order valence-corrected chi connectivity index (χ3v) is 3.93. The minimum absolute atomic E-state index is 0.129. The molecule has 0 spiro atoms. The SMILES string of the molecule is C=C(Nc1nc(OCC(F)(F)F)cc(OCC(F)(F)F)c1F)N(C)c1ccc(C(F)(F)F)cc1. The first kappa shape index (κ1) is 26.9. The van der Waals surface area contributed by atoms with Gasteiger partial charge in [0.2, 0.25) is 11.7 Å². The van der Waals surface area contributed by atoms with Crippen LogP contribution in [0.1, 0.15) is 5.56 Å². The van der Waals surface area contributed by atoms with E-state index in [0.717, 1.165) is 29.2 Å². The second kappa shape index (κ2) is 9.85. The zero-order valence-electron chi connectivity index (χ0n) is 17.0. The van der Waals surface area contributed by atoms with E-state index in [1.165, 1.54) is 7.05 Å². The van der Waals surface area contributed by atoms with Gasteiger partial charge in [-0.05, 0) is 24.3 Å². The molecule has 34 heavy (non-hydrogen) atoms. The Bertz CT molecular complexity index is 1000. The Labute approximate surface area is 185 Å². The Morgan fingerprint density at radius 1 is 0.941 bits per heavy atom. The number of benzene rings is 1. The molecule has 188 valence electrons. The Kier molecular flexibility index (Phi) is 7.78. The summed E-state index contributed by atoms with van der Waals surface area (Å²) in [6.45, 7) is -0.326. The average molecular weight is 507 g/mol. The third-order valence-electron chi connectivity index (χ3n) is 3.93. The summed E-state index contributed by atoms with van der Waals surface area (Å²) < 4.78 is 136. The highest BCUT2D eigenvalue weighted by atomic mass is 19.4. The second-order valence-corrected chi connectivity index (χ2v) is 6.60. The lowest BCUT2D eigenvalue weighted by Crippen LogP contribution is -2.24. The molecule has 1 aromatic heterocycles. The number of anilines is 2. The molecule has 0 aliphatic heterocycles. The monoisotopic (exact) mass is 507 g/mol. The van der Waals surface area contributed by atoms with Crippen LogP contribution >= 0.6 is 0 Å². The maximum absolute atomic E-state index is 14.6. The van der Waals surface area contributed by atoms with E-state index in [4.69, 9.17) is 0 Å². The molecular weight excluding hydrogens is 492 g/mol. The minimum atomic E-state index is -4.89. The summed E-state index contributed by atoms with van der Waals surface area (Å²) in [4.78, 5) is 4.56. The molecule has 0 amide bonds. The summed E-state index contributed by atoms with van der Waals surface area (Å²) in [6, 6.07) is 4.03. The number of pyridine rings is 1. The van der Waals surface area contributed by atoms with Crippen molar-refractivity contribution in [3.63, 3.8) is 0 Å². The zero-order chi connectivity index (χ0) is 25.9. The molecule has 0 saturated carbocycles. The molecule has 0 aliphatic rings. The van der Waals surface area contributed by atoms with Crippen LogP contribution < -0.4 is 19.7 Å². The van der Waals surface area contributed by atoms with Gasteiger partial charge in [-0.15, -0.1) is 0 Å². The molecule has 1 aromatic carbocycles. The van der Waals surface area contributed by atoms with Crippen LogP contribution in [0, 0.1) is 5.82 Å². The fourth-order valence-electron chi connectivity index (χ4n) is 2.31. The number of hydrogen-bond acceptors (Lipinski definition) is 5. The Hall–Kier alpha value is -3.39. The van der Waals surface area contributed by atoms with Crippen molar-refractivity contribution in [3.8, 4) is 11.6 Å². The van der Waals surface area contributed by atoms with Crippen molar-refractivity contribution in [2.75, 3.05) is 30.5 Å². The molecule has 2 aromatic rings. The number of ether oxygens (including phenoxy) is 2. The molecule has 1 N–H and O–H groups in total. The van der Waals surface area contributed by atoms with Gasteiger partial charge in [0.15, 0.2) is 24.8 Å². The number of rotatable bonds is 8. The fraction of sp³-hybridized carbons (Fsp3) is 0.316. The predicted molar refractivity (Wildman–Crippen MR) is 99.9 cm³/mol. The van der Waals surface area contributed by atoms with Crippen LogP contribution in [-0.2, 0) is 6.18 Å². The molecule has 0 radical (unpaired) electrons. The van der Waals surface area contributed by atoms with Crippen LogP contribution in [0.25, 0.3) is 0 Å². The number of aromatic nitrogens is 1. The van der Waals surface area contributed by atoms with Gasteiger partial charge in [-0.1, -0.05) is 6.58 Å². The highest BCUT2D eigenvalue weighted by Gasteiger charge is 2.32. The van der Waals surface area contributed by atoms with Crippen molar-refractivity contribution in [1.82, 2.24) is 4.98 Å². The molecule has 0 bridgehead atoms. The van der Waals surface area contributed by atoms with Gasteiger partial charge >= 0.3 is 18.5 Å². The summed E-state index contributed by atoms with van der Waals surface area (Å²) in [7, 11) is 1.29. The van der Waals surface area contributed by atoms with Crippen molar-refractivity contribution in [2.45, 2.75) is 18.5 Å². The molecular formula is C19H15F10N3O2. The van der Waals surface area contributed by atoms with Crippen molar-refractivity contribution >= 4 is 11.5 Å². The molecule has 0 fully saturated rings. The molecule has 15 heteroatoms. The van der Waals surface area contributed by atoms with Crippen LogP contribution in [-0.4, -0.2) is 37.6 Å². The molecule has 0 atom stereocenters. The standard InChI is InChI=1S/C19H15F10N3O2/c1-10(32(2)12-5-3-11(4-6-12)19(27,28)29)30-16-15(20)13(33-8-17(21,22)23)7-14(31-16)34-9-18(24,25)26/h3-7H,1,8-9H2,2H3,(H,30,31). The van der Waals surface area contributed by atoms with E-state index in [-0.39, 0.29) is 11.5 Å². The predicted octanol–water partition coefficient (Wildman–Crippen LogP) is 6.14. The number of hydrogen-bond donors (Lipinski definition) is 1. The van der Waals surface area contributed by atoms with E-state index in [1.54, 1.807) is 0 Å². The average Bonchev–Trinajstić information content (AvgIpc) is 2.70. The lowest BCUT2D eigenvalue weighted by atomic mass is 10.2. The molecule has 0 unspecified atom stereocenters. The zero-order valence-corrected chi connectivity index (χ0v) is 17.0. The lowest BCUT2D eigenvalue weighted by Gasteiger charge is -2.24. The molecule has 0 aliphatic carbocycles. The number of halogens is 10. The number of nitrogens with one attached hydrogen (secondary N) is 1. The summed E-state index contributed by atoms with van der Waals surface area (Å²) >= 11 is 0. The summed E-state index contributed by atoms with van der Waals surface area (Å²) in [5.41, 5.74) is -0.819. The van der Waals surface area contributed by atoms with E-state index in [2.05, 4.69) is 26.4 Å². The molecule has 2 rings (SSSR count). The van der Waals surface area contributed by atoms with Gasteiger partial charge in [-0.2, -0.15) is 48.9 Å². The second-order valence-electron chi connectivity index (χ2n) is 6.60. The summed E-state index contributed by atoms with van der Waals surface area (Å²) in [5, 5.41) is 2.23. The van der Waals surface area contributed by atoms with E-state index in [9.17, 15) is 43.9 Å². The minimum Gasteiger partial charge on any atom is -0.481 e. The van der Waals surface area contributed by atoms with Gasteiger partial charge in [0, 0.05) is 18.8 Å². The maximum Gasteiger partial charge on any atom is 0.422 e. The van der Waals surface area contributed by atoms with Gasteiger partial charge in [0.25, 0.3) is 0 Å². The van der Waals surface area contributed by atoms with Crippen molar-refractivity contribution in [3.05, 3.63) is 54.1 Å². The lowest BCUT2D eigenvalue weighted by molar-refractivity contribution is -0.154. The van der Waals surface area contributed by atoms with Crippen LogP contribution in [0.4, 0.5) is 55.4 Å². The Balaban J connectivity index is 2.29. The van der Waals surface area contributed by atoms with Gasteiger partial charge in [-0.25, -0.2) is 0 Å². The van der Waals surface area contributed by atoms with E-state index in [0.29, 0.717) is 6.07 Å². The van der Waals surface area contributed by atoms with Crippen molar-refractivity contribution in [1.29, 1.82) is 0 Å². The summed E-state index contributed by atoms with van der Waals surface area (Å²) in [5.74, 6) is -4.69.